The maximum Gasteiger partial charge on any atom is 0.0657 e. The number of hydrogen-bond acceptors (Lipinski definition) is 1. The predicted octanol–water partition coefficient (Wildman–Crippen LogP) is 7.17. The Hall–Kier alpha value is -0.910. The number of halogens is 4. The van der Waals surface area contributed by atoms with Crippen LogP contribution >= 0.6 is 46.4 Å². The van der Waals surface area contributed by atoms with Crippen LogP contribution < -0.4 is 0 Å². The van der Waals surface area contributed by atoms with Crippen LogP contribution in [0.25, 0.3) is 0 Å². The fraction of sp³-hybridized carbons (Fsp3) is 0.278. The lowest BCUT2D eigenvalue weighted by molar-refractivity contribution is 0.539. The normalized spacial score (nSPS) is 14.7. The van der Waals surface area contributed by atoms with Crippen LogP contribution in [0.4, 0.5) is 0 Å². The van der Waals surface area contributed by atoms with Crippen molar-refractivity contribution >= 4 is 46.4 Å². The predicted molar refractivity (Wildman–Crippen MR) is 98.4 cm³/mol. The van der Waals surface area contributed by atoms with E-state index in [1.807, 2.05) is 24.3 Å². The molecule has 2 aromatic carbocycles. The van der Waals surface area contributed by atoms with Crippen molar-refractivity contribution in [3.05, 3.63) is 69.7 Å². The topological polar surface area (TPSA) is 23.8 Å². The third-order valence-corrected chi connectivity index (χ3v) is 4.99. The fourth-order valence-electron chi connectivity index (χ4n) is 2.32. The summed E-state index contributed by atoms with van der Waals surface area (Å²) in [5.74, 6) is -0.230. The van der Waals surface area contributed by atoms with Gasteiger partial charge in [-0.05, 0) is 48.2 Å². The summed E-state index contributed by atoms with van der Waals surface area (Å²) in [4.78, 5) is 0. The van der Waals surface area contributed by atoms with Gasteiger partial charge >= 0.3 is 0 Å². The molecule has 0 aliphatic heterocycles. The van der Waals surface area contributed by atoms with E-state index in [2.05, 4.69) is 6.07 Å². The summed E-state index contributed by atoms with van der Waals surface area (Å²) in [5.41, 5.74) is 1.91. The van der Waals surface area contributed by atoms with E-state index in [0.717, 1.165) is 11.1 Å². The van der Waals surface area contributed by atoms with E-state index in [4.69, 9.17) is 46.4 Å². The molecule has 0 fully saturated rings. The lowest BCUT2D eigenvalue weighted by Gasteiger charge is -2.17. The molecule has 0 radical (unpaired) electrons. The molecule has 0 saturated heterocycles. The maximum atomic E-state index is 9.40. The van der Waals surface area contributed by atoms with Crippen molar-refractivity contribution in [2.24, 2.45) is 5.92 Å². The quantitative estimate of drug-likeness (QED) is 0.482. The van der Waals surface area contributed by atoms with Gasteiger partial charge in [-0.25, -0.2) is 0 Å². The van der Waals surface area contributed by atoms with Gasteiger partial charge in [-0.3, -0.25) is 0 Å². The van der Waals surface area contributed by atoms with E-state index in [1.54, 1.807) is 24.3 Å². The van der Waals surface area contributed by atoms with Gasteiger partial charge in [0.05, 0.1) is 16.8 Å². The molecule has 1 nitrogen and oxygen atoms in total. The first kappa shape index (κ1) is 18.4. The molecule has 0 heterocycles. The lowest BCUT2D eigenvalue weighted by Crippen LogP contribution is -2.06. The van der Waals surface area contributed by atoms with Crippen LogP contribution in [0, 0.1) is 17.2 Å². The molecular weight excluding hydrogens is 372 g/mol. The highest BCUT2D eigenvalue weighted by Gasteiger charge is 2.20. The summed E-state index contributed by atoms with van der Waals surface area (Å²) in [6.07, 6.45) is 1.08. The molecule has 2 atom stereocenters. The Balaban J connectivity index is 1.98. The molecule has 0 saturated carbocycles. The van der Waals surface area contributed by atoms with Crippen molar-refractivity contribution in [1.29, 1.82) is 5.26 Å². The van der Waals surface area contributed by atoms with E-state index in [-0.39, 0.29) is 16.7 Å². The molecule has 0 bridgehead atoms. The molecule has 0 aliphatic rings. The van der Waals surface area contributed by atoms with Gasteiger partial charge in [-0.2, -0.15) is 5.26 Å². The summed E-state index contributed by atoms with van der Waals surface area (Å²) in [6.45, 7) is 0. The number of rotatable bonds is 6. The SMILES string of the molecule is N#CC(CC(Cl)c1ccc(Cl)cc1)CC(Cl)c1ccc(Cl)cc1. The number of benzene rings is 2. The number of nitriles is 1. The van der Waals surface area contributed by atoms with E-state index in [9.17, 15) is 5.26 Å². The van der Waals surface area contributed by atoms with Crippen molar-refractivity contribution < 1.29 is 0 Å². The first-order chi connectivity index (χ1) is 11.0. The average Bonchev–Trinajstić information content (AvgIpc) is 2.55. The third-order valence-electron chi connectivity index (χ3n) is 3.63. The second-order valence-electron chi connectivity index (χ2n) is 5.34. The first-order valence-electron chi connectivity index (χ1n) is 7.18. The zero-order chi connectivity index (χ0) is 16.8. The van der Waals surface area contributed by atoms with Gasteiger partial charge in [0.15, 0.2) is 0 Å². The summed E-state index contributed by atoms with van der Waals surface area (Å²) in [6, 6.07) is 17.0. The molecule has 5 heteroatoms. The van der Waals surface area contributed by atoms with Gasteiger partial charge in [0.25, 0.3) is 0 Å². The Morgan fingerprint density at radius 1 is 0.739 bits per heavy atom. The van der Waals surface area contributed by atoms with Crippen LogP contribution in [0.3, 0.4) is 0 Å². The van der Waals surface area contributed by atoms with Gasteiger partial charge in [-0.15, -0.1) is 23.2 Å². The first-order valence-corrected chi connectivity index (χ1v) is 8.81. The number of alkyl halides is 2. The Labute approximate surface area is 156 Å². The summed E-state index contributed by atoms with van der Waals surface area (Å²) in [5, 5.41) is 10.2. The summed E-state index contributed by atoms with van der Waals surface area (Å²) in [7, 11) is 0. The monoisotopic (exact) mass is 385 g/mol. The van der Waals surface area contributed by atoms with Crippen molar-refractivity contribution in [3.8, 4) is 6.07 Å². The van der Waals surface area contributed by atoms with Gasteiger partial charge in [0.2, 0.25) is 0 Å². The molecular formula is C18H15Cl4N. The molecule has 0 amide bonds. The molecule has 0 aliphatic carbocycles. The van der Waals surface area contributed by atoms with Gasteiger partial charge in [-0.1, -0.05) is 47.5 Å². The van der Waals surface area contributed by atoms with E-state index in [1.165, 1.54) is 0 Å². The standard InChI is InChI=1S/C18H15Cl4N/c19-15-5-1-13(2-6-15)17(21)9-12(11-23)10-18(22)14-3-7-16(20)8-4-14/h1-8,12,17-18H,9-10H2. The third kappa shape index (κ3) is 5.59. The molecule has 120 valence electrons. The molecule has 2 unspecified atom stereocenters. The van der Waals surface area contributed by atoms with Crippen LogP contribution in [-0.4, -0.2) is 0 Å². The van der Waals surface area contributed by atoms with Crippen LogP contribution in [0.2, 0.25) is 10.0 Å². The van der Waals surface area contributed by atoms with Crippen molar-refractivity contribution in [2.75, 3.05) is 0 Å². The largest absolute Gasteiger partial charge is 0.198 e. The highest BCUT2D eigenvalue weighted by atomic mass is 35.5. The Morgan fingerprint density at radius 3 is 1.39 bits per heavy atom. The second kappa shape index (κ2) is 8.81. The van der Waals surface area contributed by atoms with Crippen LogP contribution in [0.1, 0.15) is 34.7 Å². The van der Waals surface area contributed by atoms with E-state index >= 15 is 0 Å². The fourth-order valence-corrected chi connectivity index (χ4v) is 3.29. The van der Waals surface area contributed by atoms with Crippen molar-refractivity contribution in [3.63, 3.8) is 0 Å². The zero-order valence-corrected chi connectivity index (χ0v) is 15.2. The lowest BCUT2D eigenvalue weighted by atomic mass is 9.93. The van der Waals surface area contributed by atoms with E-state index in [0.29, 0.717) is 22.9 Å². The highest BCUT2D eigenvalue weighted by Crippen LogP contribution is 2.35. The highest BCUT2D eigenvalue weighted by molar-refractivity contribution is 6.31. The second-order valence-corrected chi connectivity index (χ2v) is 7.26. The summed E-state index contributed by atoms with van der Waals surface area (Å²) >= 11 is 24.6. The molecule has 0 spiro atoms. The molecule has 0 aromatic heterocycles. The minimum Gasteiger partial charge on any atom is -0.198 e. The number of hydrogen-bond donors (Lipinski definition) is 0. The van der Waals surface area contributed by atoms with Gasteiger partial charge in [0, 0.05) is 16.0 Å². The minimum absolute atomic E-state index is 0.230. The molecule has 0 N–H and O–H groups in total. The summed E-state index contributed by atoms with van der Waals surface area (Å²) < 4.78 is 0. The zero-order valence-electron chi connectivity index (χ0n) is 12.2. The van der Waals surface area contributed by atoms with Gasteiger partial charge in [0.1, 0.15) is 0 Å². The Kier molecular flexibility index (Phi) is 7.06. The van der Waals surface area contributed by atoms with Gasteiger partial charge < -0.3 is 0 Å². The minimum atomic E-state index is -0.244. The Bertz CT molecular complexity index is 607. The van der Waals surface area contributed by atoms with Crippen LogP contribution in [-0.2, 0) is 0 Å². The van der Waals surface area contributed by atoms with Crippen LogP contribution in [0.15, 0.2) is 48.5 Å². The average molecular weight is 387 g/mol. The van der Waals surface area contributed by atoms with E-state index < -0.39 is 0 Å². The van der Waals surface area contributed by atoms with Crippen LogP contribution in [0.5, 0.6) is 0 Å². The maximum absolute atomic E-state index is 9.40. The molecule has 23 heavy (non-hydrogen) atoms. The number of nitrogens with zero attached hydrogens (tertiary/aromatic N) is 1. The van der Waals surface area contributed by atoms with Crippen molar-refractivity contribution in [1.82, 2.24) is 0 Å². The Morgan fingerprint density at radius 2 is 1.09 bits per heavy atom. The molecule has 2 aromatic rings. The molecule has 2 rings (SSSR count). The van der Waals surface area contributed by atoms with Crippen molar-refractivity contribution in [2.45, 2.75) is 23.6 Å². The smallest absolute Gasteiger partial charge is 0.0657 e.